The van der Waals surface area contributed by atoms with Crippen molar-refractivity contribution in [1.29, 1.82) is 0 Å². The van der Waals surface area contributed by atoms with E-state index in [1.807, 2.05) is 0 Å². The summed E-state index contributed by atoms with van der Waals surface area (Å²) in [5, 5.41) is 86.3. The topological polar surface area (TPSA) is 287 Å². The smallest absolute Gasteiger partial charge is 0.863 e. The van der Waals surface area contributed by atoms with Crippen LogP contribution in [0.1, 0.15) is 0 Å². The Hall–Kier alpha value is -2.55. The molecule has 0 saturated heterocycles. The zero-order valence-corrected chi connectivity index (χ0v) is 20.5. The molecule has 0 fully saturated rings. The minimum absolute atomic E-state index is 0. The van der Waals surface area contributed by atoms with Gasteiger partial charge in [-0.2, -0.15) is 5.10 Å². The number of rotatable bonds is 4. The molecule has 2 rings (SSSR count). The number of hydrazone groups is 1. The van der Waals surface area contributed by atoms with Crippen molar-refractivity contribution in [2.24, 2.45) is 25.8 Å². The molecule has 142 valence electrons. The van der Waals surface area contributed by atoms with E-state index < -0.39 is 48.7 Å². The van der Waals surface area contributed by atoms with Gasteiger partial charge in [0, 0.05) is 0 Å². The molecule has 0 bridgehead atoms. The molecule has 1 aromatic carbocycles. The first-order valence-corrected chi connectivity index (χ1v) is 5.59. The van der Waals surface area contributed by atoms with Crippen LogP contribution < -0.4 is 10.2 Å². The third kappa shape index (κ3) is 7.23. The van der Waals surface area contributed by atoms with Crippen LogP contribution in [0.15, 0.2) is 31.8 Å². The summed E-state index contributed by atoms with van der Waals surface area (Å²) in [7, 11) is 0. The van der Waals surface area contributed by atoms with Crippen molar-refractivity contribution in [2.75, 3.05) is 0 Å². The maximum Gasteiger partial charge on any atom is 2.00 e. The van der Waals surface area contributed by atoms with E-state index in [4.69, 9.17) is 0 Å². The van der Waals surface area contributed by atoms with Crippen LogP contribution in [0.4, 0.5) is 17.1 Å². The second-order valence-corrected chi connectivity index (χ2v) is 3.71. The van der Waals surface area contributed by atoms with Crippen molar-refractivity contribution in [3.63, 3.8) is 0 Å². The standard InChI is InChI=1S/C6H3N3O8.CN6O2.2Pb/c10-5-2(7(12)13)1-3(8(14)15)6(11)4(5)9(16)17;8-7(9)4-1-2-5-6-3-1;;/h1,10-11H;;;/q;-2;2*+2/p-2. The normalized spacial score (nSPS) is 10.7. The molecule has 1 aliphatic rings. The summed E-state index contributed by atoms with van der Waals surface area (Å²) in [5.41, 5.74) is -4.48. The molecular formula is C7HN9O10Pb2. The first-order valence-electron chi connectivity index (χ1n) is 5.59. The molecule has 4 radical (unpaired) electrons. The SMILES string of the molecule is O=[N+]([O-])c1cc([N+](=O)[O-])c([O-])c([N+](=O)[O-])c1[O-].[O-]N([O-])N=C1N=NN=N1.[Pb+2].[Pb+2]. The van der Waals surface area contributed by atoms with Crippen LogP contribution in [0, 0.1) is 40.8 Å². The number of hydrogen-bond donors (Lipinski definition) is 0. The van der Waals surface area contributed by atoms with Crippen molar-refractivity contribution in [3.8, 4) is 11.5 Å². The number of guanidine groups is 1. The van der Waals surface area contributed by atoms with Crippen LogP contribution in [0.2, 0.25) is 0 Å². The fraction of sp³-hybridized carbons (Fsp3) is 0. The first-order chi connectivity index (χ1) is 12.1. The van der Waals surface area contributed by atoms with Gasteiger partial charge in [-0.05, 0) is 10.4 Å². The Balaban J connectivity index is 0. The molecule has 0 aromatic heterocycles. The average Bonchev–Trinajstić information content (AvgIpc) is 2.99. The van der Waals surface area contributed by atoms with Crippen LogP contribution in [0.3, 0.4) is 0 Å². The molecule has 0 N–H and O–H groups in total. The Morgan fingerprint density at radius 3 is 1.50 bits per heavy atom. The van der Waals surface area contributed by atoms with Crippen LogP contribution in [-0.2, 0) is 0 Å². The number of nitrogens with zero attached hydrogens (tertiary/aromatic N) is 9. The van der Waals surface area contributed by atoms with Gasteiger partial charge in [0.05, 0.1) is 32.3 Å². The van der Waals surface area contributed by atoms with E-state index in [0.29, 0.717) is 0 Å². The number of benzene rings is 1. The van der Waals surface area contributed by atoms with E-state index >= 15 is 0 Å². The van der Waals surface area contributed by atoms with Crippen LogP contribution in [-0.4, -0.2) is 80.7 Å². The third-order valence-corrected chi connectivity index (χ3v) is 2.22. The van der Waals surface area contributed by atoms with E-state index in [1.54, 1.807) is 0 Å². The van der Waals surface area contributed by atoms with Crippen LogP contribution >= 0.6 is 0 Å². The van der Waals surface area contributed by atoms with Gasteiger partial charge < -0.3 is 26.0 Å². The largest absolute Gasteiger partial charge is 2.00 e. The summed E-state index contributed by atoms with van der Waals surface area (Å²) in [4.78, 5) is 26.9. The fourth-order valence-electron chi connectivity index (χ4n) is 1.30. The van der Waals surface area contributed by atoms with Crippen molar-refractivity contribution in [2.45, 2.75) is 0 Å². The zero-order chi connectivity index (χ0) is 20.0. The van der Waals surface area contributed by atoms with Gasteiger partial charge in [-0.25, -0.2) is 0 Å². The predicted molar refractivity (Wildman–Crippen MR) is 82.5 cm³/mol. The molecule has 21 heteroatoms. The summed E-state index contributed by atoms with van der Waals surface area (Å²) in [6, 6.07) is 0.109. The minimum Gasteiger partial charge on any atom is -0.863 e. The predicted octanol–water partition coefficient (Wildman–Crippen LogP) is -0.815. The van der Waals surface area contributed by atoms with Crippen molar-refractivity contribution in [3.05, 3.63) is 46.8 Å². The summed E-state index contributed by atoms with van der Waals surface area (Å²) in [6.45, 7) is 0. The number of nitro groups is 3. The average molecular weight is 786 g/mol. The molecule has 0 unspecified atom stereocenters. The summed E-state index contributed by atoms with van der Waals surface area (Å²) >= 11 is 0. The van der Waals surface area contributed by atoms with E-state index in [0.717, 1.165) is 0 Å². The second kappa shape index (κ2) is 12.0. The van der Waals surface area contributed by atoms with Crippen LogP contribution in [0.25, 0.3) is 0 Å². The second-order valence-electron chi connectivity index (χ2n) is 3.71. The van der Waals surface area contributed by atoms with Gasteiger partial charge in [-0.15, -0.1) is 0 Å². The van der Waals surface area contributed by atoms with Gasteiger partial charge in [0.1, 0.15) is 0 Å². The van der Waals surface area contributed by atoms with Crippen molar-refractivity contribution in [1.82, 2.24) is 5.34 Å². The molecule has 0 atom stereocenters. The van der Waals surface area contributed by atoms with E-state index in [2.05, 4.69) is 25.8 Å². The number of hydrogen-bond acceptors (Lipinski definition) is 14. The van der Waals surface area contributed by atoms with Gasteiger partial charge in [0.25, 0.3) is 17.1 Å². The van der Waals surface area contributed by atoms with Gasteiger partial charge in [-0.3, -0.25) is 30.3 Å². The Morgan fingerprint density at radius 2 is 1.21 bits per heavy atom. The van der Waals surface area contributed by atoms with E-state index in [-0.39, 0.29) is 66.6 Å². The number of nitro benzene ring substituents is 3. The molecule has 0 aliphatic carbocycles. The monoisotopic (exact) mass is 787 g/mol. The maximum absolute atomic E-state index is 11.1. The van der Waals surface area contributed by atoms with Gasteiger partial charge >= 0.3 is 60.6 Å². The molecular weight excluding hydrogens is 785 g/mol. The Morgan fingerprint density at radius 1 is 0.821 bits per heavy atom. The molecule has 1 aliphatic heterocycles. The molecule has 1 heterocycles. The first kappa shape index (κ1) is 27.7. The minimum atomic E-state index is -1.75. The molecule has 19 nitrogen and oxygen atoms in total. The van der Waals surface area contributed by atoms with Crippen molar-refractivity contribution < 1.29 is 25.0 Å². The van der Waals surface area contributed by atoms with Crippen molar-refractivity contribution >= 4 is 77.6 Å². The van der Waals surface area contributed by atoms with Gasteiger partial charge in [-0.1, -0.05) is 10.2 Å². The summed E-state index contributed by atoms with van der Waals surface area (Å²) < 4.78 is 0. The summed E-state index contributed by atoms with van der Waals surface area (Å²) in [6.07, 6.45) is 0. The Kier molecular flexibility index (Phi) is 11.9. The zero-order valence-electron chi connectivity index (χ0n) is 12.7. The Bertz CT molecular complexity index is 804. The molecule has 0 saturated carbocycles. The quantitative estimate of drug-likeness (QED) is 0.207. The van der Waals surface area contributed by atoms with Gasteiger partial charge in [0.2, 0.25) is 0 Å². The third-order valence-electron chi connectivity index (χ3n) is 2.22. The van der Waals surface area contributed by atoms with Gasteiger partial charge in [0.15, 0.2) is 0 Å². The molecule has 28 heavy (non-hydrogen) atoms. The Labute approximate surface area is 191 Å². The molecule has 1 aromatic rings. The van der Waals surface area contributed by atoms with E-state index in [1.165, 1.54) is 0 Å². The van der Waals surface area contributed by atoms with Crippen LogP contribution in [0.5, 0.6) is 11.5 Å². The fourth-order valence-corrected chi connectivity index (χ4v) is 1.30. The van der Waals surface area contributed by atoms with E-state index in [9.17, 15) is 51.0 Å². The molecule has 0 spiro atoms. The summed E-state index contributed by atoms with van der Waals surface area (Å²) in [5.74, 6) is -3.84. The maximum atomic E-state index is 11.1. The molecule has 0 amide bonds.